The Morgan fingerprint density at radius 3 is 1.63 bits per heavy atom. The molecule has 0 aromatic heterocycles. The van der Waals surface area contributed by atoms with E-state index in [0.717, 1.165) is 50.9 Å². The molecule has 11 heteroatoms. The van der Waals surface area contributed by atoms with Gasteiger partial charge in [-0.3, -0.25) is 14.1 Å². The number of aliphatic hydroxyl groups is 2. The van der Waals surface area contributed by atoms with Gasteiger partial charge in [0.15, 0.2) is 6.10 Å². The van der Waals surface area contributed by atoms with E-state index in [2.05, 4.69) is 55.7 Å². The number of esters is 2. The molecule has 0 amide bonds. The fraction of sp³-hybridized carbons (Fsp3) is 0.750. The van der Waals surface area contributed by atoms with Gasteiger partial charge in [0.1, 0.15) is 6.61 Å². The number of allylic oxidation sites excluding steroid dienone is 7. The van der Waals surface area contributed by atoms with Crippen molar-refractivity contribution in [1.82, 2.24) is 0 Å². The van der Waals surface area contributed by atoms with Crippen LogP contribution in [0.4, 0.5) is 0 Å². The second kappa shape index (κ2) is 33.7. The van der Waals surface area contributed by atoms with E-state index in [1.54, 1.807) is 0 Å². The molecule has 0 unspecified atom stereocenters. The minimum absolute atomic E-state index is 0.105. The summed E-state index contributed by atoms with van der Waals surface area (Å²) in [5.74, 6) is -0.380. The molecule has 0 aliphatic carbocycles. The third-order valence-corrected chi connectivity index (χ3v) is 8.73. The Morgan fingerprint density at radius 1 is 0.608 bits per heavy atom. The number of aliphatic hydroxyl groups excluding tert-OH is 2. The van der Waals surface area contributed by atoms with Crippen LogP contribution in [0, 0.1) is 5.92 Å². The second-order valence-electron chi connectivity index (χ2n) is 13.7. The molecule has 0 aliphatic rings. The fourth-order valence-corrected chi connectivity index (χ4v) is 5.59. The molecule has 10 nitrogen and oxygen atoms in total. The van der Waals surface area contributed by atoms with Crippen LogP contribution in [0.5, 0.6) is 0 Å². The molecule has 3 atom stereocenters. The number of hydrogen-bond donors (Lipinski definition) is 4. The Labute approximate surface area is 309 Å². The Kier molecular flexibility index (Phi) is 32.4. The minimum atomic E-state index is -4.83. The van der Waals surface area contributed by atoms with Gasteiger partial charge < -0.3 is 29.5 Å². The second-order valence-corrected chi connectivity index (χ2v) is 14.9. The highest BCUT2D eigenvalue weighted by atomic mass is 31.2. The van der Waals surface area contributed by atoms with Gasteiger partial charge in [-0.05, 0) is 57.3 Å². The Bertz CT molecular complexity index is 1020. The lowest BCUT2D eigenvalue weighted by atomic mass is 10.0. The molecule has 0 aromatic rings. The molecule has 0 saturated carbocycles. The van der Waals surface area contributed by atoms with Gasteiger partial charge in [0.25, 0.3) is 0 Å². The van der Waals surface area contributed by atoms with E-state index >= 15 is 0 Å². The summed E-state index contributed by atoms with van der Waals surface area (Å²) in [5, 5.41) is 20.5. The summed E-state index contributed by atoms with van der Waals surface area (Å²) in [4.78, 5) is 42.8. The number of unbranched alkanes of at least 4 members (excludes halogenated alkanes) is 10. The number of ether oxygens (including phenoxy) is 2. The third kappa shape index (κ3) is 36.1. The molecule has 0 heterocycles. The van der Waals surface area contributed by atoms with E-state index < -0.39 is 51.3 Å². The number of rotatable bonds is 34. The van der Waals surface area contributed by atoms with E-state index in [1.807, 2.05) is 18.2 Å². The first-order valence-electron chi connectivity index (χ1n) is 19.5. The molecular formula is C40H71O10P. The normalized spacial score (nSPS) is 14.4. The van der Waals surface area contributed by atoms with Crippen molar-refractivity contribution in [3.05, 3.63) is 48.6 Å². The van der Waals surface area contributed by atoms with Crippen LogP contribution in [-0.4, -0.2) is 63.5 Å². The van der Waals surface area contributed by atoms with Gasteiger partial charge in [0.2, 0.25) is 0 Å². The first-order valence-corrected chi connectivity index (χ1v) is 21.0. The molecule has 296 valence electrons. The molecule has 4 N–H and O–H groups in total. The summed E-state index contributed by atoms with van der Waals surface area (Å²) in [6, 6.07) is 0. The zero-order valence-electron chi connectivity index (χ0n) is 31.9. The van der Waals surface area contributed by atoms with Crippen molar-refractivity contribution in [3.63, 3.8) is 0 Å². The van der Waals surface area contributed by atoms with Gasteiger partial charge in [-0.25, -0.2) is 4.57 Å². The van der Waals surface area contributed by atoms with Crippen LogP contribution in [-0.2, 0) is 28.2 Å². The van der Waals surface area contributed by atoms with Crippen molar-refractivity contribution in [2.24, 2.45) is 5.92 Å². The first kappa shape index (κ1) is 48.9. The van der Waals surface area contributed by atoms with Crippen LogP contribution in [0.3, 0.4) is 0 Å². The average Bonchev–Trinajstić information content (AvgIpc) is 3.07. The zero-order chi connectivity index (χ0) is 38.0. The smallest absolute Gasteiger partial charge is 0.462 e. The highest BCUT2D eigenvalue weighted by molar-refractivity contribution is 7.46. The van der Waals surface area contributed by atoms with Gasteiger partial charge in [0.05, 0.1) is 18.8 Å². The monoisotopic (exact) mass is 742 g/mol. The third-order valence-electron chi connectivity index (χ3n) is 8.24. The lowest BCUT2D eigenvalue weighted by Gasteiger charge is -2.19. The van der Waals surface area contributed by atoms with E-state index in [9.17, 15) is 24.4 Å². The predicted octanol–water partition coefficient (Wildman–Crippen LogP) is 9.37. The summed E-state index contributed by atoms with van der Waals surface area (Å²) in [6.07, 6.45) is 31.6. The Hall–Kier alpha value is -2.07. The number of carbonyl (C=O) groups is 2. The molecular weight excluding hydrogens is 671 g/mol. The first-order chi connectivity index (χ1) is 24.4. The van der Waals surface area contributed by atoms with Crippen LogP contribution in [0.25, 0.3) is 0 Å². The van der Waals surface area contributed by atoms with Crippen molar-refractivity contribution in [2.45, 2.75) is 174 Å². The number of carbonyl (C=O) groups excluding carboxylic acids is 2. The average molecular weight is 743 g/mol. The van der Waals surface area contributed by atoms with E-state index in [-0.39, 0.29) is 32.1 Å². The number of hydrogen-bond acceptors (Lipinski definition) is 8. The minimum Gasteiger partial charge on any atom is -0.462 e. The van der Waals surface area contributed by atoms with Crippen molar-refractivity contribution in [2.75, 3.05) is 13.2 Å². The van der Waals surface area contributed by atoms with Crippen LogP contribution < -0.4 is 0 Å². The van der Waals surface area contributed by atoms with E-state index in [4.69, 9.17) is 19.3 Å². The van der Waals surface area contributed by atoms with Gasteiger partial charge in [-0.1, -0.05) is 140 Å². The molecule has 0 rings (SSSR count). The Balaban J connectivity index is 4.23. The van der Waals surface area contributed by atoms with Gasteiger partial charge in [-0.15, -0.1) is 0 Å². The van der Waals surface area contributed by atoms with E-state index in [1.165, 1.54) is 51.4 Å². The van der Waals surface area contributed by atoms with Crippen LogP contribution in [0.2, 0.25) is 0 Å². The molecule has 0 radical (unpaired) electrons. The summed E-state index contributed by atoms with van der Waals surface area (Å²) >= 11 is 0. The highest BCUT2D eigenvalue weighted by Gasteiger charge is 2.23. The lowest BCUT2D eigenvalue weighted by Crippen LogP contribution is -2.30. The fourth-order valence-electron chi connectivity index (χ4n) is 5.23. The van der Waals surface area contributed by atoms with Crippen LogP contribution in [0.1, 0.15) is 156 Å². The maximum atomic E-state index is 12.4. The Morgan fingerprint density at radius 2 is 1.10 bits per heavy atom. The largest absolute Gasteiger partial charge is 0.469 e. The molecule has 0 bridgehead atoms. The summed E-state index contributed by atoms with van der Waals surface area (Å²) in [5.41, 5.74) is 0. The SMILES string of the molecule is CC/C=C\C/C=C\C/C=C\C/C=C\C[C@@H](O)[C@H](O)CCCC(=O)O[C@H](COC(=O)CCCCCCCCCCCCCC(C)C)COP(=O)(O)O. The van der Waals surface area contributed by atoms with Crippen molar-refractivity contribution in [3.8, 4) is 0 Å². The molecule has 0 saturated heterocycles. The van der Waals surface area contributed by atoms with Crippen LogP contribution in [0.15, 0.2) is 48.6 Å². The van der Waals surface area contributed by atoms with Crippen molar-refractivity contribution in [1.29, 1.82) is 0 Å². The maximum absolute atomic E-state index is 12.4. The number of phosphoric acid groups is 1. The quantitative estimate of drug-likeness (QED) is 0.0217. The van der Waals surface area contributed by atoms with Crippen molar-refractivity contribution < 1.29 is 48.2 Å². The summed E-state index contributed by atoms with van der Waals surface area (Å²) in [6.45, 7) is 5.62. The number of phosphoric ester groups is 1. The van der Waals surface area contributed by atoms with Gasteiger partial charge in [-0.2, -0.15) is 0 Å². The van der Waals surface area contributed by atoms with Gasteiger partial charge >= 0.3 is 19.8 Å². The molecule has 0 aliphatic heterocycles. The molecule has 0 aromatic carbocycles. The highest BCUT2D eigenvalue weighted by Crippen LogP contribution is 2.36. The zero-order valence-corrected chi connectivity index (χ0v) is 32.8. The summed E-state index contributed by atoms with van der Waals surface area (Å²) in [7, 11) is -4.83. The topological polar surface area (TPSA) is 160 Å². The molecule has 51 heavy (non-hydrogen) atoms. The predicted molar refractivity (Wildman–Crippen MR) is 205 cm³/mol. The van der Waals surface area contributed by atoms with Crippen LogP contribution >= 0.6 is 7.82 Å². The summed E-state index contributed by atoms with van der Waals surface area (Å²) < 4.78 is 26.2. The van der Waals surface area contributed by atoms with Gasteiger partial charge in [0, 0.05) is 12.8 Å². The maximum Gasteiger partial charge on any atom is 0.469 e. The molecule has 0 fully saturated rings. The standard InChI is InChI=1S/C40H71O10P/c1-4-5-6-7-8-9-10-13-16-19-22-25-29-37(41)38(42)30-27-32-40(44)50-36(34-49-51(45,46)47)33-48-39(43)31-26-23-20-17-14-11-12-15-18-21-24-28-35(2)3/h5-6,8-9,13,16,22,25,35-38,41-42H,4,7,10-12,14-15,17-21,23-24,26-34H2,1-3H3,(H2,45,46,47)/b6-5-,9-8-,16-13-,25-22-/t36-,37-,38-/m1/s1. The van der Waals surface area contributed by atoms with E-state index in [0.29, 0.717) is 6.42 Å². The lowest BCUT2D eigenvalue weighted by molar-refractivity contribution is -0.161. The molecule has 0 spiro atoms. The van der Waals surface area contributed by atoms with Crippen molar-refractivity contribution >= 4 is 19.8 Å².